The standard InChI is InChI=1S/C21H22Cl2N2O5.C13H8Cl2N2O4.C8H15ClO/c1-2-3-4-5-6-7-20(26)30-19-11-8-14(22)12-16(19)21(27)24-18-10-9-15(25(28)29)13-17(18)23;14-7-1-4-12(18)9(5-7)13(19)16-11-3-2-8(17(20)21)6-10(11)15;1-2-3-4-5-6-7-8(9)10/h8-13H,2-7H2,1H3,(H,24,27);1-6,18H,(H,16,19);2-7H2,1H3. The fraction of sp³-hybridized carbons (Fsp3) is 0.333. The zero-order chi connectivity index (χ0) is 45.5. The highest BCUT2D eigenvalue weighted by Crippen LogP contribution is 2.31. The van der Waals surface area contributed by atoms with Crippen molar-refractivity contribution in [1.29, 1.82) is 0 Å². The number of non-ortho nitro benzene ring substituents is 2. The maximum atomic E-state index is 12.7. The van der Waals surface area contributed by atoms with E-state index in [1.807, 2.05) is 0 Å². The third-order valence-electron chi connectivity index (χ3n) is 8.40. The molecule has 0 aliphatic carbocycles. The fourth-order valence-corrected chi connectivity index (χ4v) is 6.11. The Morgan fingerprint density at radius 3 is 1.51 bits per heavy atom. The van der Waals surface area contributed by atoms with Crippen molar-refractivity contribution in [2.24, 2.45) is 0 Å². The third kappa shape index (κ3) is 19.5. The van der Waals surface area contributed by atoms with Gasteiger partial charge in [0.15, 0.2) is 0 Å². The molecule has 2 amide bonds. The average Bonchev–Trinajstić information content (AvgIpc) is 3.21. The second-order valence-corrected chi connectivity index (χ2v) is 15.3. The minimum Gasteiger partial charge on any atom is -0.507 e. The number of amides is 2. The van der Waals surface area contributed by atoms with E-state index in [-0.39, 0.29) is 77.1 Å². The van der Waals surface area contributed by atoms with Crippen molar-refractivity contribution in [1.82, 2.24) is 0 Å². The van der Waals surface area contributed by atoms with Crippen LogP contribution in [-0.2, 0) is 9.59 Å². The van der Waals surface area contributed by atoms with E-state index in [0.29, 0.717) is 12.8 Å². The highest BCUT2D eigenvalue weighted by atomic mass is 35.5. The molecule has 0 unspecified atom stereocenters. The van der Waals surface area contributed by atoms with Gasteiger partial charge < -0.3 is 20.5 Å². The Bertz CT molecular complexity index is 2160. The number of halogens is 5. The van der Waals surface area contributed by atoms with E-state index >= 15 is 0 Å². The molecule has 0 bridgehead atoms. The van der Waals surface area contributed by atoms with Gasteiger partial charge in [0.25, 0.3) is 23.2 Å². The smallest absolute Gasteiger partial charge is 0.311 e. The van der Waals surface area contributed by atoms with Crippen molar-refractivity contribution >= 4 is 104 Å². The number of esters is 1. The lowest BCUT2D eigenvalue weighted by atomic mass is 10.1. The van der Waals surface area contributed by atoms with E-state index < -0.39 is 27.6 Å². The van der Waals surface area contributed by atoms with Gasteiger partial charge in [-0.3, -0.25) is 39.4 Å². The number of hydrogen-bond donors (Lipinski definition) is 3. The third-order valence-corrected chi connectivity index (χ3v) is 9.68. The number of aromatic hydroxyl groups is 1. The SMILES string of the molecule is CCCCCCCC(=O)Cl.CCCCCCCC(=O)Oc1ccc(Cl)cc1C(=O)Nc1ccc([N+](=O)[O-])cc1Cl.O=C(Nc1ccc([N+](=O)[O-])cc1Cl)c1cc(Cl)ccc1O. The Balaban J connectivity index is 0.000000357. The molecule has 328 valence electrons. The van der Waals surface area contributed by atoms with Crippen LogP contribution in [0.25, 0.3) is 0 Å². The minimum absolute atomic E-state index is 0.00482. The quantitative estimate of drug-likeness (QED) is 0.0202. The molecule has 14 nitrogen and oxygen atoms in total. The predicted molar refractivity (Wildman–Crippen MR) is 240 cm³/mol. The number of anilines is 2. The van der Waals surface area contributed by atoms with Crippen LogP contribution in [0.5, 0.6) is 11.5 Å². The van der Waals surface area contributed by atoms with Crippen LogP contribution < -0.4 is 15.4 Å². The molecule has 0 aliphatic heterocycles. The van der Waals surface area contributed by atoms with Crippen molar-refractivity contribution in [2.45, 2.75) is 90.9 Å². The number of hydrogen-bond acceptors (Lipinski definition) is 10. The molecule has 19 heteroatoms. The molecule has 0 fully saturated rings. The molecule has 4 aromatic rings. The summed E-state index contributed by atoms with van der Waals surface area (Å²) in [6, 6.07) is 15.7. The first kappa shape index (κ1) is 52.1. The maximum absolute atomic E-state index is 12.7. The molecule has 0 radical (unpaired) electrons. The first-order valence-electron chi connectivity index (χ1n) is 19.1. The minimum atomic E-state index is -0.634. The second-order valence-electron chi connectivity index (χ2n) is 13.2. The first-order valence-corrected chi connectivity index (χ1v) is 21.0. The number of nitro benzene ring substituents is 2. The Morgan fingerprint density at radius 2 is 1.05 bits per heavy atom. The molecular weight excluding hydrogens is 898 g/mol. The summed E-state index contributed by atoms with van der Waals surface area (Å²) in [6.45, 7) is 4.29. The summed E-state index contributed by atoms with van der Waals surface area (Å²) in [5, 5.41) is 36.4. The number of carbonyl (C=O) groups is 4. The number of rotatable bonds is 19. The topological polar surface area (TPSA) is 208 Å². The average molecular weight is 943 g/mol. The summed E-state index contributed by atoms with van der Waals surface area (Å²) in [5.74, 6) is -1.84. The Morgan fingerprint density at radius 1 is 0.607 bits per heavy atom. The van der Waals surface area contributed by atoms with E-state index in [1.165, 1.54) is 79.9 Å². The van der Waals surface area contributed by atoms with Gasteiger partial charge in [0.2, 0.25) is 5.24 Å². The Hall–Kier alpha value is -4.99. The van der Waals surface area contributed by atoms with E-state index in [1.54, 1.807) is 0 Å². The molecule has 0 saturated heterocycles. The maximum Gasteiger partial charge on any atom is 0.311 e. The molecule has 0 aliphatic rings. The van der Waals surface area contributed by atoms with Crippen molar-refractivity contribution < 1.29 is 38.9 Å². The zero-order valence-electron chi connectivity index (χ0n) is 33.3. The molecule has 4 rings (SSSR count). The van der Waals surface area contributed by atoms with Gasteiger partial charge in [-0.15, -0.1) is 0 Å². The number of ether oxygens (including phenoxy) is 1. The van der Waals surface area contributed by atoms with E-state index in [4.69, 9.17) is 62.7 Å². The van der Waals surface area contributed by atoms with Crippen LogP contribution >= 0.6 is 58.0 Å². The molecule has 4 aromatic carbocycles. The zero-order valence-corrected chi connectivity index (χ0v) is 37.1. The van der Waals surface area contributed by atoms with Crippen LogP contribution in [0.15, 0.2) is 72.8 Å². The van der Waals surface area contributed by atoms with Gasteiger partial charge in [-0.2, -0.15) is 0 Å². The monoisotopic (exact) mass is 940 g/mol. The predicted octanol–water partition coefficient (Wildman–Crippen LogP) is 13.4. The molecule has 0 spiro atoms. The number of phenols is 1. The summed E-state index contributed by atoms with van der Waals surface area (Å²) in [5.41, 5.74) is -0.00170. The summed E-state index contributed by atoms with van der Waals surface area (Å²) < 4.78 is 5.37. The van der Waals surface area contributed by atoms with Crippen molar-refractivity contribution in [2.75, 3.05) is 10.6 Å². The lowest BCUT2D eigenvalue weighted by molar-refractivity contribution is -0.385. The summed E-state index contributed by atoms with van der Waals surface area (Å²) in [6.07, 6.45) is 11.6. The Labute approximate surface area is 378 Å². The van der Waals surface area contributed by atoms with Crippen LogP contribution in [0.1, 0.15) is 112 Å². The van der Waals surface area contributed by atoms with Crippen molar-refractivity contribution in [3.05, 3.63) is 124 Å². The largest absolute Gasteiger partial charge is 0.507 e. The summed E-state index contributed by atoms with van der Waals surface area (Å²) in [4.78, 5) is 67.4. The molecule has 61 heavy (non-hydrogen) atoms. The lowest BCUT2D eigenvalue weighted by Crippen LogP contribution is -2.16. The molecule has 0 aromatic heterocycles. The number of nitrogens with one attached hydrogen (secondary N) is 2. The number of phenolic OH excluding ortho intramolecular Hbond substituents is 1. The first-order chi connectivity index (χ1) is 29.0. The molecule has 0 heterocycles. The number of carbonyl (C=O) groups excluding carboxylic acids is 4. The second kappa shape index (κ2) is 27.8. The van der Waals surface area contributed by atoms with Gasteiger partial charge in [-0.1, -0.05) is 112 Å². The van der Waals surface area contributed by atoms with Gasteiger partial charge in [0.05, 0.1) is 42.4 Å². The van der Waals surface area contributed by atoms with Gasteiger partial charge >= 0.3 is 5.97 Å². The van der Waals surface area contributed by atoms with Crippen LogP contribution in [0.4, 0.5) is 22.7 Å². The normalized spacial score (nSPS) is 10.3. The van der Waals surface area contributed by atoms with Crippen LogP contribution in [0.2, 0.25) is 20.1 Å². The van der Waals surface area contributed by atoms with E-state index in [0.717, 1.165) is 50.7 Å². The van der Waals surface area contributed by atoms with Crippen LogP contribution in [0, 0.1) is 20.2 Å². The lowest BCUT2D eigenvalue weighted by Gasteiger charge is -2.12. The number of benzene rings is 4. The van der Waals surface area contributed by atoms with E-state index in [2.05, 4.69) is 24.5 Å². The van der Waals surface area contributed by atoms with E-state index in [9.17, 15) is 44.5 Å². The number of nitrogens with zero attached hydrogens (tertiary/aromatic N) is 2. The van der Waals surface area contributed by atoms with Crippen LogP contribution in [-0.4, -0.2) is 38.0 Å². The molecular formula is C42H45Cl5N4O10. The van der Waals surface area contributed by atoms with Crippen LogP contribution in [0.3, 0.4) is 0 Å². The van der Waals surface area contributed by atoms with Gasteiger partial charge in [-0.05, 0) is 73.0 Å². The van der Waals surface area contributed by atoms with Gasteiger partial charge in [-0.25, -0.2) is 0 Å². The highest BCUT2D eigenvalue weighted by Gasteiger charge is 2.19. The molecule has 3 N–H and O–H groups in total. The fourth-order valence-electron chi connectivity index (χ4n) is 5.19. The Kier molecular flexibility index (Phi) is 23.7. The summed E-state index contributed by atoms with van der Waals surface area (Å²) in [7, 11) is 0. The molecule has 0 saturated carbocycles. The van der Waals surface area contributed by atoms with Gasteiger partial charge in [0, 0.05) is 47.2 Å². The summed E-state index contributed by atoms with van der Waals surface area (Å²) >= 11 is 28.8. The number of unbranched alkanes of at least 4 members (excludes halogenated alkanes) is 8. The number of nitro groups is 2. The van der Waals surface area contributed by atoms with Crippen molar-refractivity contribution in [3.8, 4) is 11.5 Å². The molecule has 0 atom stereocenters. The highest BCUT2D eigenvalue weighted by molar-refractivity contribution is 6.63. The van der Waals surface area contributed by atoms with Gasteiger partial charge in [0.1, 0.15) is 11.5 Å². The van der Waals surface area contributed by atoms with Crippen molar-refractivity contribution in [3.63, 3.8) is 0 Å².